The molecule has 1 aromatic carbocycles. The maximum absolute atomic E-state index is 14.4. The summed E-state index contributed by atoms with van der Waals surface area (Å²) in [5, 5.41) is 7.00. The van der Waals surface area contributed by atoms with Crippen molar-refractivity contribution < 1.29 is 23.8 Å². The molecule has 0 saturated carbocycles. The highest BCUT2D eigenvalue weighted by molar-refractivity contribution is 5.97. The Morgan fingerprint density at radius 1 is 1.37 bits per heavy atom. The van der Waals surface area contributed by atoms with E-state index in [2.05, 4.69) is 13.8 Å². The Balaban J connectivity index is 0.00000210. The number of aliphatic hydroxyl groups excluding tert-OH is 1. The molecule has 1 heterocycles. The van der Waals surface area contributed by atoms with Crippen molar-refractivity contribution in [2.24, 2.45) is 11.8 Å². The van der Waals surface area contributed by atoms with Crippen LogP contribution in [0.1, 0.15) is 63.6 Å². The zero-order chi connectivity index (χ0) is 26.4. The summed E-state index contributed by atoms with van der Waals surface area (Å²) in [5.41, 5.74) is 13.1. The molecule has 3 unspecified atom stereocenters. The van der Waals surface area contributed by atoms with Gasteiger partial charge in [-0.25, -0.2) is 4.39 Å². The Morgan fingerprint density at radius 2 is 2.03 bits per heavy atom. The van der Waals surface area contributed by atoms with Crippen molar-refractivity contribution in [3.8, 4) is 0 Å². The van der Waals surface area contributed by atoms with Crippen molar-refractivity contribution in [3.05, 3.63) is 45.3 Å². The third kappa shape index (κ3) is 5.67. The van der Waals surface area contributed by atoms with E-state index in [0.717, 1.165) is 54.1 Å². The number of ether oxygens (including phenoxy) is 1. The average Bonchev–Trinajstić information content (AvgIpc) is 2.84. The van der Waals surface area contributed by atoms with Gasteiger partial charge in [0.05, 0.1) is 6.61 Å². The molecule has 3 N–H and O–H groups in total. The SMILES string of the molecule is CCC(C=O)C1=C(COC)C(=O)N(C/C(C)=C2/c3c(N)cc(F)c(C)c3CCC2C)C(C)C1.CO. The summed E-state index contributed by atoms with van der Waals surface area (Å²) in [6.07, 6.45) is 3.98. The topological polar surface area (TPSA) is 92.9 Å². The van der Waals surface area contributed by atoms with Crippen LogP contribution in [-0.4, -0.2) is 55.6 Å². The summed E-state index contributed by atoms with van der Waals surface area (Å²) in [6.45, 7) is 10.7. The van der Waals surface area contributed by atoms with E-state index in [1.54, 1.807) is 7.11 Å². The summed E-state index contributed by atoms with van der Waals surface area (Å²) in [7, 11) is 2.57. The number of fused-ring (bicyclic) bond motifs is 1. The number of nitrogens with two attached hydrogens (primary N) is 1. The monoisotopic (exact) mass is 488 g/mol. The van der Waals surface area contributed by atoms with Crippen molar-refractivity contribution in [2.75, 3.05) is 33.1 Å². The van der Waals surface area contributed by atoms with Crippen LogP contribution in [0.2, 0.25) is 0 Å². The summed E-state index contributed by atoms with van der Waals surface area (Å²) < 4.78 is 19.7. The van der Waals surface area contributed by atoms with Gasteiger partial charge in [0.2, 0.25) is 0 Å². The highest BCUT2D eigenvalue weighted by Crippen LogP contribution is 2.43. The molecular formula is C28H41FN2O4. The van der Waals surface area contributed by atoms with Gasteiger partial charge in [-0.15, -0.1) is 0 Å². The second-order valence-corrected chi connectivity index (χ2v) is 9.63. The number of anilines is 1. The maximum Gasteiger partial charge on any atom is 0.252 e. The van der Waals surface area contributed by atoms with Crippen molar-refractivity contribution >= 4 is 23.5 Å². The number of halogens is 1. The Hall–Kier alpha value is -2.51. The van der Waals surface area contributed by atoms with Gasteiger partial charge in [0.15, 0.2) is 0 Å². The number of nitrogen functional groups attached to an aromatic ring is 1. The molecule has 0 fully saturated rings. The number of allylic oxidation sites excluding steroid dienone is 1. The van der Waals surface area contributed by atoms with Crippen molar-refractivity contribution in [3.63, 3.8) is 0 Å². The third-order valence-electron chi connectivity index (χ3n) is 7.43. The number of methoxy groups -OCH3 is 1. The molecule has 1 amide bonds. The molecule has 0 saturated heterocycles. The zero-order valence-corrected chi connectivity index (χ0v) is 22.2. The minimum absolute atomic E-state index is 0.0386. The van der Waals surface area contributed by atoms with Crippen LogP contribution in [0.5, 0.6) is 0 Å². The number of carbonyl (C=O) groups excluding carboxylic acids is 2. The lowest BCUT2D eigenvalue weighted by Crippen LogP contribution is -2.46. The van der Waals surface area contributed by atoms with E-state index < -0.39 is 0 Å². The van der Waals surface area contributed by atoms with Gasteiger partial charge in [0, 0.05) is 49.5 Å². The van der Waals surface area contributed by atoms with Crippen molar-refractivity contribution in [1.29, 1.82) is 0 Å². The summed E-state index contributed by atoms with van der Waals surface area (Å²) in [6, 6.07) is 1.38. The predicted molar refractivity (Wildman–Crippen MR) is 138 cm³/mol. The number of rotatable bonds is 7. The largest absolute Gasteiger partial charge is 0.400 e. The predicted octanol–water partition coefficient (Wildman–Crippen LogP) is 4.47. The van der Waals surface area contributed by atoms with E-state index >= 15 is 0 Å². The van der Waals surface area contributed by atoms with E-state index in [1.165, 1.54) is 6.07 Å². The molecule has 194 valence electrons. The van der Waals surface area contributed by atoms with E-state index in [0.29, 0.717) is 36.2 Å². The van der Waals surface area contributed by atoms with Gasteiger partial charge >= 0.3 is 0 Å². The van der Waals surface area contributed by atoms with Gasteiger partial charge in [0.25, 0.3) is 5.91 Å². The summed E-state index contributed by atoms with van der Waals surface area (Å²) in [4.78, 5) is 27.1. The first-order valence-electron chi connectivity index (χ1n) is 12.3. The van der Waals surface area contributed by atoms with E-state index in [9.17, 15) is 14.0 Å². The third-order valence-corrected chi connectivity index (χ3v) is 7.43. The molecule has 1 aromatic rings. The number of hydrogen-bond acceptors (Lipinski definition) is 5. The van der Waals surface area contributed by atoms with E-state index in [1.807, 2.05) is 25.7 Å². The Labute approximate surface area is 209 Å². The highest BCUT2D eigenvalue weighted by atomic mass is 19.1. The van der Waals surface area contributed by atoms with Gasteiger partial charge in [-0.3, -0.25) is 4.79 Å². The number of amides is 1. The number of hydrogen-bond donors (Lipinski definition) is 2. The van der Waals surface area contributed by atoms with Gasteiger partial charge in [-0.2, -0.15) is 0 Å². The molecule has 0 radical (unpaired) electrons. The quantitative estimate of drug-likeness (QED) is 0.436. The molecule has 35 heavy (non-hydrogen) atoms. The first kappa shape index (κ1) is 28.7. The smallest absolute Gasteiger partial charge is 0.252 e. The van der Waals surface area contributed by atoms with Gasteiger partial charge in [0.1, 0.15) is 12.1 Å². The standard InChI is InChI=1S/C27H37FN2O3.CH4O/c1-7-19(13-31)21-10-17(4)30(27(32)22(21)14-33-6)12-16(3)25-15(2)8-9-20-18(5)23(28)11-24(29)26(20)25;1-2/h11,13,15,17,19H,7-10,12,14,29H2,1-6H3;2H,1H3/b25-16+;. The van der Waals surface area contributed by atoms with E-state index in [-0.39, 0.29) is 36.2 Å². The number of carbonyl (C=O) groups is 2. The van der Waals surface area contributed by atoms with Crippen LogP contribution in [0.15, 0.2) is 22.8 Å². The minimum atomic E-state index is -0.264. The number of benzene rings is 1. The lowest BCUT2D eigenvalue weighted by atomic mass is 9.76. The molecule has 1 aliphatic carbocycles. The molecule has 2 aliphatic rings. The Kier molecular flexibility index (Phi) is 10.2. The van der Waals surface area contributed by atoms with Gasteiger partial charge < -0.3 is 25.3 Å². The molecule has 3 atom stereocenters. The molecular weight excluding hydrogens is 447 g/mol. The minimum Gasteiger partial charge on any atom is -0.400 e. The van der Waals surface area contributed by atoms with Crippen LogP contribution in [0.3, 0.4) is 0 Å². The van der Waals surface area contributed by atoms with Crippen molar-refractivity contribution in [1.82, 2.24) is 4.90 Å². The van der Waals surface area contributed by atoms with Crippen LogP contribution in [0.25, 0.3) is 5.57 Å². The van der Waals surface area contributed by atoms with Crippen LogP contribution in [0.4, 0.5) is 10.1 Å². The van der Waals surface area contributed by atoms with Gasteiger partial charge in [-0.05, 0) is 86.3 Å². The molecule has 1 aliphatic heterocycles. The summed E-state index contributed by atoms with van der Waals surface area (Å²) >= 11 is 0. The average molecular weight is 489 g/mol. The first-order valence-corrected chi connectivity index (χ1v) is 12.3. The van der Waals surface area contributed by atoms with E-state index in [4.69, 9.17) is 15.6 Å². The second kappa shape index (κ2) is 12.5. The molecule has 6 nitrogen and oxygen atoms in total. The Bertz CT molecular complexity index is 1010. The normalized spacial score (nSPS) is 22.3. The first-order chi connectivity index (χ1) is 16.7. The van der Waals surface area contributed by atoms with Crippen LogP contribution in [-0.2, 0) is 20.7 Å². The number of nitrogens with zero attached hydrogens (tertiary/aromatic N) is 1. The summed E-state index contributed by atoms with van der Waals surface area (Å²) in [5.74, 6) is -0.326. The zero-order valence-electron chi connectivity index (χ0n) is 22.2. The van der Waals surface area contributed by atoms with Crippen LogP contribution in [0, 0.1) is 24.6 Å². The molecule has 0 spiro atoms. The lowest BCUT2D eigenvalue weighted by molar-refractivity contribution is -0.130. The second-order valence-electron chi connectivity index (χ2n) is 9.63. The number of aliphatic hydroxyl groups is 1. The molecule has 0 bridgehead atoms. The molecule has 7 heteroatoms. The van der Waals surface area contributed by atoms with Crippen molar-refractivity contribution in [2.45, 2.75) is 66.3 Å². The Morgan fingerprint density at radius 3 is 2.60 bits per heavy atom. The van der Waals surface area contributed by atoms with Gasteiger partial charge in [-0.1, -0.05) is 13.8 Å². The lowest BCUT2D eigenvalue weighted by Gasteiger charge is -2.39. The number of aldehydes is 1. The molecule has 3 rings (SSSR count). The highest BCUT2D eigenvalue weighted by Gasteiger charge is 2.35. The van der Waals surface area contributed by atoms with Crippen LogP contribution < -0.4 is 5.73 Å². The van der Waals surface area contributed by atoms with Crippen LogP contribution >= 0.6 is 0 Å². The fourth-order valence-electron chi connectivity index (χ4n) is 5.57. The fourth-order valence-corrected chi connectivity index (χ4v) is 5.57. The maximum atomic E-state index is 14.4. The molecule has 0 aromatic heterocycles. The fraction of sp³-hybridized carbons (Fsp3) is 0.571.